The fourth-order valence-electron chi connectivity index (χ4n) is 0.638. The summed E-state index contributed by atoms with van der Waals surface area (Å²) in [6, 6.07) is 3.84. The highest BCUT2D eigenvalue weighted by molar-refractivity contribution is 9.10. The van der Waals surface area contributed by atoms with Crippen molar-refractivity contribution in [1.29, 1.82) is 0 Å². The van der Waals surface area contributed by atoms with Crippen molar-refractivity contribution >= 4 is 21.5 Å². The molecule has 1 aromatic heterocycles. The number of nitrogens with zero attached hydrogens (tertiary/aromatic N) is 1. The zero-order valence-electron chi connectivity index (χ0n) is 5.76. The molecule has 0 aliphatic rings. The average Bonchev–Trinajstić information content (AvgIpc) is 1.88. The third-order valence-electron chi connectivity index (χ3n) is 1.16. The van der Waals surface area contributed by atoms with Crippen LogP contribution >= 0.6 is 15.9 Å². The molecule has 52 valence electrons. The summed E-state index contributed by atoms with van der Waals surface area (Å²) in [5.41, 5.74) is 1.93. The SMILES string of the molecule is C=C(C)c1cc(Br)ccn1. The fourth-order valence-corrected chi connectivity index (χ4v) is 0.973. The lowest BCUT2D eigenvalue weighted by Gasteiger charge is -1.96. The summed E-state index contributed by atoms with van der Waals surface area (Å²) in [5, 5.41) is 0. The van der Waals surface area contributed by atoms with Crippen molar-refractivity contribution in [2.45, 2.75) is 6.92 Å². The van der Waals surface area contributed by atoms with Crippen LogP contribution in [0.2, 0.25) is 0 Å². The van der Waals surface area contributed by atoms with Crippen LogP contribution < -0.4 is 0 Å². The van der Waals surface area contributed by atoms with Gasteiger partial charge in [-0.15, -0.1) is 0 Å². The number of allylic oxidation sites excluding steroid dienone is 1. The second kappa shape index (κ2) is 2.97. The van der Waals surface area contributed by atoms with Gasteiger partial charge in [-0.3, -0.25) is 4.98 Å². The molecule has 0 saturated carbocycles. The summed E-state index contributed by atoms with van der Waals surface area (Å²) in [5.74, 6) is 0. The maximum atomic E-state index is 4.11. The van der Waals surface area contributed by atoms with E-state index in [1.807, 2.05) is 19.1 Å². The van der Waals surface area contributed by atoms with E-state index in [-0.39, 0.29) is 0 Å². The number of rotatable bonds is 1. The van der Waals surface area contributed by atoms with Gasteiger partial charge in [0.15, 0.2) is 0 Å². The Hall–Kier alpha value is -0.630. The van der Waals surface area contributed by atoms with Gasteiger partial charge in [-0.1, -0.05) is 22.5 Å². The molecule has 0 spiro atoms. The van der Waals surface area contributed by atoms with Crippen molar-refractivity contribution in [2.75, 3.05) is 0 Å². The zero-order valence-corrected chi connectivity index (χ0v) is 7.35. The molecule has 1 nitrogen and oxygen atoms in total. The number of pyridine rings is 1. The lowest BCUT2D eigenvalue weighted by Crippen LogP contribution is -1.82. The van der Waals surface area contributed by atoms with Gasteiger partial charge in [0.1, 0.15) is 0 Å². The van der Waals surface area contributed by atoms with Gasteiger partial charge in [0.25, 0.3) is 0 Å². The summed E-state index contributed by atoms with van der Waals surface area (Å²) in [4.78, 5) is 4.11. The molecule has 0 amide bonds. The second-order valence-corrected chi connectivity index (χ2v) is 3.06. The van der Waals surface area contributed by atoms with E-state index in [9.17, 15) is 0 Å². The molecule has 0 aliphatic carbocycles. The first-order valence-corrected chi connectivity index (χ1v) is 3.77. The Morgan fingerprint density at radius 1 is 1.70 bits per heavy atom. The quantitative estimate of drug-likeness (QED) is 0.675. The lowest BCUT2D eigenvalue weighted by atomic mass is 10.2. The van der Waals surface area contributed by atoms with Gasteiger partial charge in [0.2, 0.25) is 0 Å². The molecule has 10 heavy (non-hydrogen) atoms. The molecular weight excluding hydrogens is 190 g/mol. The Kier molecular flexibility index (Phi) is 2.22. The van der Waals surface area contributed by atoms with E-state index >= 15 is 0 Å². The Labute approximate surface area is 68.9 Å². The van der Waals surface area contributed by atoms with E-state index in [0.29, 0.717) is 0 Å². The van der Waals surface area contributed by atoms with E-state index in [2.05, 4.69) is 27.5 Å². The largest absolute Gasteiger partial charge is 0.257 e. The molecule has 2 heteroatoms. The Bertz CT molecular complexity index is 255. The van der Waals surface area contributed by atoms with Crippen molar-refractivity contribution in [1.82, 2.24) is 4.98 Å². The van der Waals surface area contributed by atoms with Crippen molar-refractivity contribution in [3.8, 4) is 0 Å². The van der Waals surface area contributed by atoms with Crippen LogP contribution in [-0.4, -0.2) is 4.98 Å². The van der Waals surface area contributed by atoms with Crippen molar-refractivity contribution in [3.63, 3.8) is 0 Å². The molecule has 0 atom stereocenters. The summed E-state index contributed by atoms with van der Waals surface area (Å²) in [6.45, 7) is 5.72. The van der Waals surface area contributed by atoms with Crippen LogP contribution in [0.25, 0.3) is 5.57 Å². The normalized spacial score (nSPS) is 9.40. The summed E-state index contributed by atoms with van der Waals surface area (Å²) in [7, 11) is 0. The van der Waals surface area contributed by atoms with Gasteiger partial charge in [-0.2, -0.15) is 0 Å². The van der Waals surface area contributed by atoms with Crippen LogP contribution in [0, 0.1) is 0 Å². The van der Waals surface area contributed by atoms with E-state index in [0.717, 1.165) is 15.7 Å². The Morgan fingerprint density at radius 2 is 2.40 bits per heavy atom. The van der Waals surface area contributed by atoms with Gasteiger partial charge in [0.05, 0.1) is 5.69 Å². The molecule has 0 unspecified atom stereocenters. The topological polar surface area (TPSA) is 12.9 Å². The number of hydrogen-bond acceptors (Lipinski definition) is 1. The Morgan fingerprint density at radius 3 is 2.80 bits per heavy atom. The second-order valence-electron chi connectivity index (χ2n) is 2.14. The number of halogens is 1. The fraction of sp³-hybridized carbons (Fsp3) is 0.125. The molecule has 0 aliphatic heterocycles. The third-order valence-corrected chi connectivity index (χ3v) is 1.65. The minimum Gasteiger partial charge on any atom is -0.257 e. The van der Waals surface area contributed by atoms with Crippen LogP contribution in [0.15, 0.2) is 29.4 Å². The predicted octanol–water partition coefficient (Wildman–Crippen LogP) is 2.88. The van der Waals surface area contributed by atoms with Gasteiger partial charge >= 0.3 is 0 Å². The highest BCUT2D eigenvalue weighted by Crippen LogP contribution is 2.13. The zero-order chi connectivity index (χ0) is 7.56. The summed E-state index contributed by atoms with van der Waals surface area (Å²) in [6.07, 6.45) is 1.76. The Balaban J connectivity index is 3.07. The van der Waals surface area contributed by atoms with Crippen LogP contribution in [0.1, 0.15) is 12.6 Å². The molecule has 1 rings (SSSR count). The van der Waals surface area contributed by atoms with Crippen LogP contribution in [-0.2, 0) is 0 Å². The monoisotopic (exact) mass is 197 g/mol. The lowest BCUT2D eigenvalue weighted by molar-refractivity contribution is 1.26. The minimum atomic E-state index is 0.939. The highest BCUT2D eigenvalue weighted by atomic mass is 79.9. The number of hydrogen-bond donors (Lipinski definition) is 0. The first-order chi connectivity index (χ1) is 4.70. The molecule has 0 saturated heterocycles. The molecule has 1 heterocycles. The molecular formula is C8H8BrN. The average molecular weight is 198 g/mol. The highest BCUT2D eigenvalue weighted by Gasteiger charge is 1.93. The van der Waals surface area contributed by atoms with E-state index in [1.165, 1.54) is 0 Å². The van der Waals surface area contributed by atoms with Crippen molar-refractivity contribution in [3.05, 3.63) is 35.1 Å². The van der Waals surface area contributed by atoms with Crippen molar-refractivity contribution in [2.24, 2.45) is 0 Å². The van der Waals surface area contributed by atoms with Crippen LogP contribution in [0.4, 0.5) is 0 Å². The van der Waals surface area contributed by atoms with E-state index < -0.39 is 0 Å². The maximum Gasteiger partial charge on any atom is 0.0664 e. The molecule has 0 aromatic carbocycles. The smallest absolute Gasteiger partial charge is 0.0664 e. The van der Waals surface area contributed by atoms with Gasteiger partial charge in [-0.25, -0.2) is 0 Å². The first kappa shape index (κ1) is 7.48. The standard InChI is InChI=1S/C8H8BrN/c1-6(2)8-5-7(9)3-4-10-8/h3-5H,1H2,2H3. The first-order valence-electron chi connectivity index (χ1n) is 2.97. The number of aromatic nitrogens is 1. The van der Waals surface area contributed by atoms with Gasteiger partial charge in [-0.05, 0) is 24.6 Å². The summed E-state index contributed by atoms with van der Waals surface area (Å²) >= 11 is 3.35. The van der Waals surface area contributed by atoms with Gasteiger partial charge < -0.3 is 0 Å². The molecule has 0 radical (unpaired) electrons. The van der Waals surface area contributed by atoms with E-state index in [4.69, 9.17) is 0 Å². The van der Waals surface area contributed by atoms with E-state index in [1.54, 1.807) is 6.20 Å². The molecule has 1 aromatic rings. The molecule has 0 bridgehead atoms. The van der Waals surface area contributed by atoms with Crippen LogP contribution in [0.5, 0.6) is 0 Å². The summed E-state index contributed by atoms with van der Waals surface area (Å²) < 4.78 is 1.04. The molecule has 0 N–H and O–H groups in total. The van der Waals surface area contributed by atoms with Crippen LogP contribution in [0.3, 0.4) is 0 Å². The van der Waals surface area contributed by atoms with Crippen molar-refractivity contribution < 1.29 is 0 Å². The maximum absolute atomic E-state index is 4.11. The van der Waals surface area contributed by atoms with Gasteiger partial charge in [0, 0.05) is 10.7 Å². The molecule has 0 fully saturated rings. The third kappa shape index (κ3) is 1.67. The predicted molar refractivity (Wildman–Crippen MR) is 46.6 cm³/mol. The minimum absolute atomic E-state index is 0.939.